The number of aromatic nitrogens is 3. The van der Waals surface area contributed by atoms with Crippen molar-refractivity contribution in [1.82, 2.24) is 29.1 Å². The molecule has 0 bridgehead atoms. The first-order valence-corrected chi connectivity index (χ1v) is 13.7. The van der Waals surface area contributed by atoms with Crippen LogP contribution < -0.4 is 5.32 Å². The summed E-state index contributed by atoms with van der Waals surface area (Å²) in [5.74, 6) is 0.748. The quantitative estimate of drug-likeness (QED) is 0.403. The molecule has 0 saturated carbocycles. The first-order valence-electron chi connectivity index (χ1n) is 13.7. The maximum Gasteiger partial charge on any atom is 0.255 e. The summed E-state index contributed by atoms with van der Waals surface area (Å²) >= 11 is 0. The molecule has 0 spiro atoms. The average Bonchev–Trinajstić information content (AvgIpc) is 3.47. The minimum atomic E-state index is -0.0361. The molecule has 10 heteroatoms. The predicted octanol–water partition coefficient (Wildman–Crippen LogP) is 2.93. The normalized spacial score (nSPS) is 16.3. The van der Waals surface area contributed by atoms with E-state index in [1.807, 2.05) is 46.0 Å². The van der Waals surface area contributed by atoms with Crippen molar-refractivity contribution in [2.45, 2.75) is 6.42 Å². The maximum absolute atomic E-state index is 12.9. The zero-order valence-corrected chi connectivity index (χ0v) is 22.6. The van der Waals surface area contributed by atoms with Crippen LogP contribution in [0.5, 0.6) is 0 Å². The fourth-order valence-electron chi connectivity index (χ4n) is 5.17. The van der Waals surface area contributed by atoms with Gasteiger partial charge >= 0.3 is 0 Å². The van der Waals surface area contributed by atoms with Crippen LogP contribution in [-0.4, -0.2) is 100 Å². The lowest BCUT2D eigenvalue weighted by Crippen LogP contribution is -2.47. The van der Waals surface area contributed by atoms with Crippen molar-refractivity contribution in [3.05, 3.63) is 78.4 Å². The largest absolute Gasteiger partial charge is 0.378 e. The van der Waals surface area contributed by atoms with Gasteiger partial charge in [-0.15, -0.1) is 0 Å². The molecular weight excluding hydrogens is 506 g/mol. The number of fused-ring (bicyclic) bond motifs is 1. The molecule has 0 unspecified atom stereocenters. The fourth-order valence-corrected chi connectivity index (χ4v) is 5.17. The summed E-state index contributed by atoms with van der Waals surface area (Å²) in [7, 11) is 2.09. The molecule has 6 rings (SSSR count). The SMILES string of the molecule is CN1CCN(C(=O)Cc2cccc(-c3cc(Nc4ccc(C(=O)N5CCOCC5)cn4)c4nccn4c3)c2)CC1. The first kappa shape index (κ1) is 26.0. The van der Waals surface area contributed by atoms with Gasteiger partial charge in [-0.3, -0.25) is 9.59 Å². The summed E-state index contributed by atoms with van der Waals surface area (Å²) in [5.41, 5.74) is 5.10. The van der Waals surface area contributed by atoms with Crippen molar-refractivity contribution < 1.29 is 14.3 Å². The minimum absolute atomic E-state index is 0.0361. The van der Waals surface area contributed by atoms with Crippen LogP contribution in [0.15, 0.2) is 67.3 Å². The number of nitrogens with one attached hydrogen (secondary N) is 1. The van der Waals surface area contributed by atoms with Gasteiger partial charge in [-0.25, -0.2) is 9.97 Å². The van der Waals surface area contributed by atoms with Gasteiger partial charge in [-0.05, 0) is 36.4 Å². The fraction of sp³-hybridized carbons (Fsp3) is 0.333. The van der Waals surface area contributed by atoms with Crippen LogP contribution >= 0.6 is 0 Å². The highest BCUT2D eigenvalue weighted by Crippen LogP contribution is 2.28. The molecule has 1 N–H and O–H groups in total. The van der Waals surface area contributed by atoms with E-state index >= 15 is 0 Å². The van der Waals surface area contributed by atoms with Crippen LogP contribution in [0, 0.1) is 0 Å². The molecule has 206 valence electrons. The number of nitrogens with zero attached hydrogens (tertiary/aromatic N) is 6. The Kier molecular flexibility index (Phi) is 7.43. The number of ether oxygens (including phenoxy) is 1. The smallest absolute Gasteiger partial charge is 0.255 e. The Labute approximate surface area is 233 Å². The van der Waals surface area contributed by atoms with Crippen molar-refractivity contribution in [2.75, 3.05) is 64.8 Å². The topological polar surface area (TPSA) is 95.3 Å². The number of amides is 2. The van der Waals surface area contributed by atoms with Crippen molar-refractivity contribution in [1.29, 1.82) is 0 Å². The Morgan fingerprint density at radius 3 is 2.52 bits per heavy atom. The second-order valence-corrected chi connectivity index (χ2v) is 10.3. The van der Waals surface area contributed by atoms with Gasteiger partial charge in [0.05, 0.1) is 30.9 Å². The van der Waals surface area contributed by atoms with E-state index in [1.54, 1.807) is 23.4 Å². The number of imidazole rings is 1. The Balaban J connectivity index is 1.20. The molecule has 2 aliphatic rings. The van der Waals surface area contributed by atoms with E-state index in [4.69, 9.17) is 4.74 Å². The summed E-state index contributed by atoms with van der Waals surface area (Å²) in [4.78, 5) is 40.7. The van der Waals surface area contributed by atoms with Crippen LogP contribution in [0.2, 0.25) is 0 Å². The van der Waals surface area contributed by atoms with E-state index in [-0.39, 0.29) is 11.8 Å². The standard InChI is InChI=1S/C30H33N7O3/c1-34-9-11-35(12-10-34)28(38)18-22-3-2-4-23(17-22)25-19-26(29-31-7-8-37(29)21-25)33-27-6-5-24(20-32-27)30(39)36-13-15-40-16-14-36/h2-8,17,19-21H,9-16,18H2,1H3,(H,32,33). The van der Waals surface area contributed by atoms with Crippen LogP contribution in [0.4, 0.5) is 11.5 Å². The molecule has 2 saturated heterocycles. The molecule has 0 radical (unpaired) electrons. The minimum Gasteiger partial charge on any atom is -0.378 e. The highest BCUT2D eigenvalue weighted by molar-refractivity contribution is 5.94. The molecule has 10 nitrogen and oxygen atoms in total. The number of likely N-dealkylation sites (N-methyl/N-ethyl adjacent to an activating group) is 1. The predicted molar refractivity (Wildman–Crippen MR) is 153 cm³/mol. The van der Waals surface area contributed by atoms with Crippen molar-refractivity contribution in [3.63, 3.8) is 0 Å². The second-order valence-electron chi connectivity index (χ2n) is 10.3. The summed E-state index contributed by atoms with van der Waals surface area (Å²) < 4.78 is 7.32. The van der Waals surface area contributed by atoms with Crippen LogP contribution in [-0.2, 0) is 16.0 Å². The number of morpholine rings is 1. The molecule has 3 aromatic heterocycles. The van der Waals surface area contributed by atoms with E-state index in [1.165, 1.54) is 0 Å². The summed E-state index contributed by atoms with van der Waals surface area (Å²) in [6.45, 7) is 5.68. The molecule has 0 atom stereocenters. The van der Waals surface area contributed by atoms with Gasteiger partial charge in [-0.1, -0.05) is 24.3 Å². The summed E-state index contributed by atoms with van der Waals surface area (Å²) in [5, 5.41) is 3.38. The highest BCUT2D eigenvalue weighted by Gasteiger charge is 2.20. The summed E-state index contributed by atoms with van der Waals surface area (Å²) in [6.07, 6.45) is 7.69. The van der Waals surface area contributed by atoms with Crippen LogP contribution in [0.3, 0.4) is 0 Å². The Bertz CT molecular complexity index is 1500. The number of pyridine rings is 2. The number of hydrogen-bond acceptors (Lipinski definition) is 7. The van der Waals surface area contributed by atoms with E-state index in [0.29, 0.717) is 44.1 Å². The average molecular weight is 540 g/mol. The number of piperazine rings is 1. The molecule has 40 heavy (non-hydrogen) atoms. The number of carbonyl (C=O) groups excluding carboxylic acids is 2. The number of benzene rings is 1. The lowest BCUT2D eigenvalue weighted by atomic mass is 10.0. The van der Waals surface area contributed by atoms with E-state index in [0.717, 1.165) is 54.2 Å². The van der Waals surface area contributed by atoms with Gasteiger partial charge in [0.25, 0.3) is 5.91 Å². The first-order chi connectivity index (χ1) is 19.5. The van der Waals surface area contributed by atoms with E-state index in [2.05, 4.69) is 39.4 Å². The summed E-state index contributed by atoms with van der Waals surface area (Å²) in [6, 6.07) is 13.8. The number of rotatable bonds is 6. The molecule has 5 heterocycles. The lowest BCUT2D eigenvalue weighted by molar-refractivity contribution is -0.132. The third kappa shape index (κ3) is 5.68. The Morgan fingerprint density at radius 1 is 0.925 bits per heavy atom. The highest BCUT2D eigenvalue weighted by atomic mass is 16.5. The van der Waals surface area contributed by atoms with Crippen LogP contribution in [0.1, 0.15) is 15.9 Å². The van der Waals surface area contributed by atoms with Gasteiger partial charge in [0.15, 0.2) is 5.65 Å². The van der Waals surface area contributed by atoms with Gasteiger partial charge in [0.1, 0.15) is 5.82 Å². The Hall–Kier alpha value is -4.28. The van der Waals surface area contributed by atoms with Gasteiger partial charge in [0.2, 0.25) is 5.91 Å². The number of carbonyl (C=O) groups is 2. The van der Waals surface area contributed by atoms with Gasteiger partial charge in [-0.2, -0.15) is 0 Å². The number of hydrogen-bond donors (Lipinski definition) is 1. The molecule has 2 fully saturated rings. The molecule has 0 aliphatic carbocycles. The zero-order chi connectivity index (χ0) is 27.5. The third-order valence-corrected chi connectivity index (χ3v) is 7.53. The van der Waals surface area contributed by atoms with Crippen molar-refractivity contribution in [2.24, 2.45) is 0 Å². The van der Waals surface area contributed by atoms with Gasteiger partial charge < -0.3 is 29.2 Å². The Morgan fingerprint density at radius 2 is 1.75 bits per heavy atom. The molecule has 2 amide bonds. The number of anilines is 2. The maximum atomic E-state index is 12.9. The van der Waals surface area contributed by atoms with E-state index < -0.39 is 0 Å². The van der Waals surface area contributed by atoms with E-state index in [9.17, 15) is 9.59 Å². The lowest BCUT2D eigenvalue weighted by Gasteiger charge is -2.32. The van der Waals surface area contributed by atoms with Crippen LogP contribution in [0.25, 0.3) is 16.8 Å². The molecule has 2 aliphatic heterocycles. The van der Waals surface area contributed by atoms with Crippen molar-refractivity contribution in [3.8, 4) is 11.1 Å². The molecule has 1 aromatic carbocycles. The molecule has 4 aromatic rings. The van der Waals surface area contributed by atoms with Gasteiger partial charge in [0, 0.05) is 69.6 Å². The molecular formula is C30H33N7O3. The van der Waals surface area contributed by atoms with Crippen molar-refractivity contribution >= 4 is 29.0 Å². The zero-order valence-electron chi connectivity index (χ0n) is 22.6. The monoisotopic (exact) mass is 539 g/mol. The second kappa shape index (κ2) is 11.4. The third-order valence-electron chi connectivity index (χ3n) is 7.53.